The maximum Gasteiger partial charge on any atom is 0.227 e. The van der Waals surface area contributed by atoms with Crippen molar-refractivity contribution in [2.75, 3.05) is 19.6 Å². The Bertz CT molecular complexity index is 994. The van der Waals surface area contributed by atoms with Gasteiger partial charge >= 0.3 is 0 Å². The van der Waals surface area contributed by atoms with E-state index in [1.807, 2.05) is 18.2 Å². The van der Waals surface area contributed by atoms with Gasteiger partial charge < -0.3 is 10.4 Å². The van der Waals surface area contributed by atoms with Gasteiger partial charge in [0.1, 0.15) is 5.75 Å². The largest absolute Gasteiger partial charge is 0.508 e. The fraction of sp³-hybridized carbons (Fsp3) is 0.594. The lowest BCUT2D eigenvalue weighted by Crippen LogP contribution is -2.50. The van der Waals surface area contributed by atoms with E-state index >= 15 is 0 Å². The van der Waals surface area contributed by atoms with Crippen LogP contribution in [0.3, 0.4) is 0 Å². The monoisotopic (exact) mass is 503 g/mol. The lowest BCUT2D eigenvalue weighted by Gasteiger charge is -2.46. The predicted molar refractivity (Wildman–Crippen MR) is 150 cm³/mol. The van der Waals surface area contributed by atoms with Crippen LogP contribution in [0.4, 0.5) is 0 Å². The van der Waals surface area contributed by atoms with Crippen LogP contribution in [0, 0.1) is 5.92 Å². The molecular formula is C32H45N3O2. The standard InChI is InChI=1S/C32H45N3O2/c1-2-20-34-21-19-28-12-8-13-29(23-34)35(28)31(26-9-7-14-30(36)22-26)24-15-17-25(18-16-24)32(37)33-27-10-5-3-4-6-11-27/h2,7,9,14-17,22,25,27-29,31,36H,1,3-6,8,10-13,18-21,23H2,(H,33,37). The van der Waals surface area contributed by atoms with Gasteiger partial charge in [0.05, 0.1) is 12.0 Å². The number of carbonyl (C=O) groups is 1. The fourth-order valence-corrected chi connectivity index (χ4v) is 7.15. The first-order valence-corrected chi connectivity index (χ1v) is 14.7. The molecule has 1 amide bonds. The van der Waals surface area contributed by atoms with Crippen LogP contribution < -0.4 is 5.32 Å². The highest BCUT2D eigenvalue weighted by atomic mass is 16.3. The summed E-state index contributed by atoms with van der Waals surface area (Å²) in [5.41, 5.74) is 2.41. The van der Waals surface area contributed by atoms with Gasteiger partial charge in [-0.25, -0.2) is 0 Å². The molecule has 4 unspecified atom stereocenters. The van der Waals surface area contributed by atoms with Gasteiger partial charge in [-0.2, -0.15) is 0 Å². The van der Waals surface area contributed by atoms with Gasteiger partial charge in [0, 0.05) is 37.8 Å². The third kappa shape index (κ3) is 6.38. The van der Waals surface area contributed by atoms with E-state index in [4.69, 9.17) is 0 Å². The maximum atomic E-state index is 13.1. The topological polar surface area (TPSA) is 55.8 Å². The zero-order chi connectivity index (χ0) is 25.6. The first-order chi connectivity index (χ1) is 18.1. The minimum Gasteiger partial charge on any atom is -0.508 e. The van der Waals surface area contributed by atoms with E-state index < -0.39 is 0 Å². The molecule has 2 heterocycles. The van der Waals surface area contributed by atoms with Crippen molar-refractivity contribution in [3.8, 4) is 5.75 Å². The quantitative estimate of drug-likeness (QED) is 0.360. The summed E-state index contributed by atoms with van der Waals surface area (Å²) >= 11 is 0. The van der Waals surface area contributed by atoms with Gasteiger partial charge in [-0.3, -0.25) is 14.6 Å². The molecule has 4 aliphatic rings. The summed E-state index contributed by atoms with van der Waals surface area (Å²) < 4.78 is 0. The number of hydrogen-bond acceptors (Lipinski definition) is 4. The number of piperidine rings is 1. The van der Waals surface area contributed by atoms with Crippen LogP contribution in [0.25, 0.3) is 0 Å². The molecule has 2 aliphatic heterocycles. The first kappa shape index (κ1) is 26.2. The van der Waals surface area contributed by atoms with Gasteiger partial charge in [0.25, 0.3) is 0 Å². The van der Waals surface area contributed by atoms with Crippen molar-refractivity contribution >= 4 is 5.91 Å². The highest BCUT2D eigenvalue weighted by Gasteiger charge is 2.40. The van der Waals surface area contributed by atoms with E-state index in [1.165, 1.54) is 50.5 Å². The molecule has 0 aromatic heterocycles. The van der Waals surface area contributed by atoms with Gasteiger partial charge in [-0.15, -0.1) is 6.58 Å². The third-order valence-electron chi connectivity index (χ3n) is 9.02. The number of nitrogens with one attached hydrogen (secondary N) is 1. The highest BCUT2D eigenvalue weighted by molar-refractivity contribution is 5.81. The van der Waals surface area contributed by atoms with E-state index in [-0.39, 0.29) is 17.9 Å². The van der Waals surface area contributed by atoms with Gasteiger partial charge in [-0.05, 0) is 61.8 Å². The average molecular weight is 504 g/mol. The number of phenolic OH excluding ortho intramolecular Hbond substituents is 1. The van der Waals surface area contributed by atoms with Crippen molar-refractivity contribution in [1.29, 1.82) is 0 Å². The summed E-state index contributed by atoms with van der Waals surface area (Å²) in [7, 11) is 0. The highest BCUT2D eigenvalue weighted by Crippen LogP contribution is 2.42. The van der Waals surface area contributed by atoms with Crippen molar-refractivity contribution in [1.82, 2.24) is 15.1 Å². The number of rotatable bonds is 7. The average Bonchev–Trinajstić information content (AvgIpc) is 3.21. The number of hydrogen-bond donors (Lipinski definition) is 2. The van der Waals surface area contributed by atoms with Gasteiger partial charge in [0.2, 0.25) is 5.91 Å². The molecule has 1 aromatic carbocycles. The second-order valence-electron chi connectivity index (χ2n) is 11.6. The molecule has 2 bridgehead atoms. The summed E-state index contributed by atoms with van der Waals surface area (Å²) in [5.74, 6) is 0.402. The number of carbonyl (C=O) groups excluding carboxylic acids is 1. The number of allylic oxidation sites excluding steroid dienone is 1. The van der Waals surface area contributed by atoms with Crippen molar-refractivity contribution < 1.29 is 9.90 Å². The second-order valence-corrected chi connectivity index (χ2v) is 11.6. The predicted octanol–water partition coefficient (Wildman–Crippen LogP) is 5.89. The van der Waals surface area contributed by atoms with Crippen LogP contribution in [0.15, 0.2) is 60.7 Å². The molecule has 2 saturated heterocycles. The molecule has 1 aromatic rings. The minimum atomic E-state index is -0.0939. The van der Waals surface area contributed by atoms with Crippen molar-refractivity contribution in [2.45, 2.75) is 94.8 Å². The molecule has 4 atom stereocenters. The molecule has 0 radical (unpaired) electrons. The molecule has 2 N–H and O–H groups in total. The Hall–Kier alpha value is -2.37. The fourth-order valence-electron chi connectivity index (χ4n) is 7.15. The van der Waals surface area contributed by atoms with E-state index in [2.05, 4.69) is 46.0 Å². The SMILES string of the molecule is C=CCN1CCC2CCCC(C1)N2C(C1=CCC(C(=O)NC2CCCCCC2)C=C1)c1cccc(O)c1. The Morgan fingerprint density at radius 2 is 1.89 bits per heavy atom. The molecule has 2 aliphatic carbocycles. The van der Waals surface area contributed by atoms with E-state index in [1.54, 1.807) is 6.07 Å². The minimum absolute atomic E-state index is 0.0909. The number of fused-ring (bicyclic) bond motifs is 2. The Labute approximate surface area is 223 Å². The zero-order valence-corrected chi connectivity index (χ0v) is 22.4. The number of benzene rings is 1. The van der Waals surface area contributed by atoms with Crippen LogP contribution in [-0.2, 0) is 4.79 Å². The maximum absolute atomic E-state index is 13.1. The molecule has 37 heavy (non-hydrogen) atoms. The van der Waals surface area contributed by atoms with Crippen LogP contribution in [0.2, 0.25) is 0 Å². The summed E-state index contributed by atoms with van der Waals surface area (Å²) in [4.78, 5) is 18.4. The summed E-state index contributed by atoms with van der Waals surface area (Å²) in [6, 6.07) is 9.24. The Balaban J connectivity index is 1.37. The zero-order valence-electron chi connectivity index (χ0n) is 22.4. The normalized spacial score (nSPS) is 28.5. The van der Waals surface area contributed by atoms with E-state index in [0.29, 0.717) is 23.9 Å². The molecule has 5 rings (SSSR count). The smallest absolute Gasteiger partial charge is 0.227 e. The summed E-state index contributed by atoms with van der Waals surface area (Å²) in [6.45, 7) is 7.09. The van der Waals surface area contributed by atoms with Crippen LogP contribution in [-0.4, -0.2) is 58.6 Å². The number of aromatic hydroxyl groups is 1. The first-order valence-electron chi connectivity index (χ1n) is 14.7. The molecule has 0 spiro atoms. The molecule has 200 valence electrons. The van der Waals surface area contributed by atoms with Crippen molar-refractivity contribution in [2.24, 2.45) is 5.92 Å². The molecule has 5 heteroatoms. The third-order valence-corrected chi connectivity index (χ3v) is 9.02. The van der Waals surface area contributed by atoms with Gasteiger partial charge in [0.15, 0.2) is 0 Å². The molecule has 1 saturated carbocycles. The Morgan fingerprint density at radius 3 is 2.62 bits per heavy atom. The summed E-state index contributed by atoms with van der Waals surface area (Å²) in [6.07, 6.45) is 21.5. The van der Waals surface area contributed by atoms with Crippen molar-refractivity contribution in [3.05, 3.63) is 66.3 Å². The molecule has 5 nitrogen and oxygen atoms in total. The Kier molecular flexibility index (Phi) is 8.83. The number of phenols is 1. The second kappa shape index (κ2) is 12.4. The Morgan fingerprint density at radius 1 is 1.08 bits per heavy atom. The molecule has 3 fully saturated rings. The van der Waals surface area contributed by atoms with Crippen LogP contribution >= 0.6 is 0 Å². The molecular weight excluding hydrogens is 458 g/mol. The lowest BCUT2D eigenvalue weighted by molar-refractivity contribution is -0.124. The lowest BCUT2D eigenvalue weighted by atomic mass is 9.84. The van der Waals surface area contributed by atoms with Crippen LogP contribution in [0.1, 0.15) is 82.2 Å². The number of nitrogens with zero attached hydrogens (tertiary/aromatic N) is 2. The van der Waals surface area contributed by atoms with Gasteiger partial charge in [-0.1, -0.05) is 68.5 Å². The van der Waals surface area contributed by atoms with Crippen LogP contribution in [0.5, 0.6) is 5.75 Å². The summed E-state index contributed by atoms with van der Waals surface area (Å²) in [5, 5.41) is 13.7. The number of amides is 1. The van der Waals surface area contributed by atoms with Crippen molar-refractivity contribution in [3.63, 3.8) is 0 Å². The van der Waals surface area contributed by atoms with E-state index in [9.17, 15) is 9.90 Å². The van der Waals surface area contributed by atoms with E-state index in [0.717, 1.165) is 50.9 Å².